The number of aliphatic hydroxyl groups excluding tert-OH is 3. The number of allylic oxidation sites excluding steroid dienone is 6. The summed E-state index contributed by atoms with van der Waals surface area (Å²) in [4.78, 5) is 71.7. The zero-order valence-corrected chi connectivity index (χ0v) is 39.7. The SMILES string of the molecule is CO[C@H]1C[C@@H]2CC[C@@H](C)[C@@](O)(N2)C(=O)C(=O)N2CCCCC2C(=O)O[C@H]([C@H](C)C[C@@H]2CC[C@@H](O)[C@H](O)C2)CC(=O)[C@H](C)/C=C(\C)[C@@H](O)[C@@H](OC)C(=O)[C@H](C)C[C@H](C)/C=C/C=C/C=C/1C. The summed E-state index contributed by atoms with van der Waals surface area (Å²) in [7, 11) is 2.97. The maximum absolute atomic E-state index is 14.3. The number of methoxy groups -OCH3 is 2. The van der Waals surface area contributed by atoms with Crippen LogP contribution in [0.4, 0.5) is 0 Å². The number of carbonyl (C=O) groups excluding carboxylic acids is 5. The molecule has 0 aromatic rings. The van der Waals surface area contributed by atoms with Crippen molar-refractivity contribution in [1.29, 1.82) is 0 Å². The number of cyclic esters (lactones) is 1. The molecule has 1 amide bonds. The Bertz CT molecular complexity index is 1740. The van der Waals surface area contributed by atoms with Crippen molar-refractivity contribution in [3.05, 3.63) is 47.6 Å². The molecule has 4 aliphatic rings. The Balaban J connectivity index is 1.70. The minimum atomic E-state index is -2.19. The zero-order valence-electron chi connectivity index (χ0n) is 39.7. The number of hydrogen-bond donors (Lipinski definition) is 5. The minimum absolute atomic E-state index is 0.00712. The molecule has 1 aliphatic carbocycles. The fraction of sp³-hybridized carbons (Fsp3) is 0.740. The number of esters is 1. The first-order chi connectivity index (χ1) is 30.2. The molecule has 64 heavy (non-hydrogen) atoms. The average molecular weight is 899 g/mol. The van der Waals surface area contributed by atoms with Crippen molar-refractivity contribution in [1.82, 2.24) is 10.2 Å². The molecule has 15 atom stereocenters. The molecule has 3 heterocycles. The van der Waals surface area contributed by atoms with E-state index in [4.69, 9.17) is 14.2 Å². The van der Waals surface area contributed by atoms with Crippen LogP contribution < -0.4 is 5.32 Å². The van der Waals surface area contributed by atoms with Crippen molar-refractivity contribution in [2.24, 2.45) is 35.5 Å². The van der Waals surface area contributed by atoms with Gasteiger partial charge < -0.3 is 39.5 Å². The van der Waals surface area contributed by atoms with Crippen LogP contribution in [0.5, 0.6) is 0 Å². The summed E-state index contributed by atoms with van der Waals surface area (Å²) in [6, 6.07) is -1.50. The lowest BCUT2D eigenvalue weighted by Gasteiger charge is -2.43. The van der Waals surface area contributed by atoms with Crippen LogP contribution in [-0.4, -0.2) is 130 Å². The van der Waals surface area contributed by atoms with Crippen molar-refractivity contribution in [2.45, 2.75) is 180 Å². The van der Waals surface area contributed by atoms with Gasteiger partial charge in [0, 0.05) is 51.0 Å². The fourth-order valence-corrected chi connectivity index (χ4v) is 10.1. The Morgan fingerprint density at radius 2 is 1.58 bits per heavy atom. The lowest BCUT2D eigenvalue weighted by atomic mass is 9.78. The Hall–Kier alpha value is -3.37. The Morgan fingerprint density at radius 1 is 0.859 bits per heavy atom. The molecule has 0 aromatic carbocycles. The Morgan fingerprint density at radius 3 is 2.25 bits per heavy atom. The van der Waals surface area contributed by atoms with E-state index < -0.39 is 77.7 Å². The largest absolute Gasteiger partial charge is 0.460 e. The predicted octanol–water partition coefficient (Wildman–Crippen LogP) is 5.10. The van der Waals surface area contributed by atoms with Gasteiger partial charge in [-0.05, 0) is 113 Å². The monoisotopic (exact) mass is 899 g/mol. The molecule has 14 nitrogen and oxygen atoms in total. The van der Waals surface area contributed by atoms with Crippen LogP contribution >= 0.6 is 0 Å². The number of aliphatic hydroxyl groups is 4. The smallest absolute Gasteiger partial charge is 0.329 e. The van der Waals surface area contributed by atoms with E-state index in [0.717, 1.165) is 5.57 Å². The maximum atomic E-state index is 14.3. The lowest BCUT2D eigenvalue weighted by Crippen LogP contribution is -2.67. The van der Waals surface area contributed by atoms with Gasteiger partial charge in [-0.25, -0.2) is 4.79 Å². The van der Waals surface area contributed by atoms with Gasteiger partial charge in [0.2, 0.25) is 0 Å². The van der Waals surface area contributed by atoms with Crippen molar-refractivity contribution >= 4 is 29.2 Å². The Kier molecular flexibility index (Phi) is 20.3. The number of ketones is 3. The second-order valence-corrected chi connectivity index (χ2v) is 19.6. The molecular weight excluding hydrogens is 821 g/mol. The number of piperidine rings is 2. The maximum Gasteiger partial charge on any atom is 0.329 e. The summed E-state index contributed by atoms with van der Waals surface area (Å²) >= 11 is 0. The summed E-state index contributed by atoms with van der Waals surface area (Å²) in [5.74, 6) is -5.49. The third-order valence-electron chi connectivity index (χ3n) is 14.4. The van der Waals surface area contributed by atoms with Gasteiger partial charge in [0.25, 0.3) is 11.7 Å². The third-order valence-corrected chi connectivity index (χ3v) is 14.4. The molecular formula is C50H78N2O12. The van der Waals surface area contributed by atoms with Crippen LogP contribution in [0.25, 0.3) is 0 Å². The molecule has 360 valence electrons. The van der Waals surface area contributed by atoms with E-state index in [9.17, 15) is 44.4 Å². The van der Waals surface area contributed by atoms with Crippen LogP contribution in [0.2, 0.25) is 0 Å². The first kappa shape index (κ1) is 53.2. The Labute approximate surface area is 380 Å². The summed E-state index contributed by atoms with van der Waals surface area (Å²) in [5.41, 5.74) is -0.897. The number of ether oxygens (including phenoxy) is 3. The van der Waals surface area contributed by atoms with Crippen LogP contribution in [0.1, 0.15) is 126 Å². The highest BCUT2D eigenvalue weighted by atomic mass is 16.5. The average Bonchev–Trinajstić information content (AvgIpc) is 3.26. The highest BCUT2D eigenvalue weighted by molar-refractivity contribution is 6.39. The normalized spacial score (nSPS) is 40.9. The standard InChI is InChI=1S/C50H78N2O12/c1-29-15-11-10-12-16-30(2)42(62-8)27-37-20-18-35(7)50(61,51-37)47(58)48(59)52-22-14-13-17-38(52)49(60)64-43(32(4)25-36-19-21-39(53)41(55)26-36)28-40(54)31(3)24-34(6)45(57)46(63-9)44(56)33(5)23-29/h10-12,15-16,24,29,31-33,35-39,41-43,45-46,51,53,55,57,61H,13-14,17-23,25-28H2,1-9H3/b12-10+,15-11+,30-16+,34-24+/t29-,31-,32-,33-,35-,36+,37+,38?,39-,41-,42+,43+,45-,46+,50+/m1/s1. The predicted molar refractivity (Wildman–Crippen MR) is 242 cm³/mol. The van der Waals surface area contributed by atoms with Gasteiger partial charge in [-0.1, -0.05) is 71.1 Å². The van der Waals surface area contributed by atoms with E-state index in [1.54, 1.807) is 34.0 Å². The second kappa shape index (κ2) is 24.4. The summed E-state index contributed by atoms with van der Waals surface area (Å²) < 4.78 is 17.6. The van der Waals surface area contributed by atoms with Gasteiger partial charge in [-0.3, -0.25) is 24.5 Å². The minimum Gasteiger partial charge on any atom is -0.460 e. The van der Waals surface area contributed by atoms with Gasteiger partial charge >= 0.3 is 5.97 Å². The quantitative estimate of drug-likeness (QED) is 0.139. The number of amides is 1. The number of hydrogen-bond acceptors (Lipinski definition) is 13. The van der Waals surface area contributed by atoms with E-state index in [1.165, 1.54) is 12.0 Å². The van der Waals surface area contributed by atoms with E-state index in [2.05, 4.69) is 5.32 Å². The number of rotatable bonds is 5. The summed E-state index contributed by atoms with van der Waals surface area (Å²) in [6.45, 7) is 12.8. The van der Waals surface area contributed by atoms with Crippen LogP contribution in [0.3, 0.4) is 0 Å². The van der Waals surface area contributed by atoms with E-state index in [1.807, 2.05) is 58.1 Å². The van der Waals surface area contributed by atoms with Crippen molar-refractivity contribution in [3.8, 4) is 0 Å². The highest BCUT2D eigenvalue weighted by Crippen LogP contribution is 2.35. The molecule has 0 spiro atoms. The lowest BCUT2D eigenvalue weighted by molar-refractivity contribution is -0.173. The fourth-order valence-electron chi connectivity index (χ4n) is 10.1. The van der Waals surface area contributed by atoms with Gasteiger partial charge in [0.1, 0.15) is 30.1 Å². The molecule has 2 bridgehead atoms. The van der Waals surface area contributed by atoms with Crippen molar-refractivity contribution < 1.29 is 58.6 Å². The molecule has 14 heteroatoms. The number of fused-ring (bicyclic) bond motifs is 3. The highest BCUT2D eigenvalue weighted by Gasteiger charge is 2.51. The van der Waals surface area contributed by atoms with Crippen LogP contribution in [-0.2, 0) is 38.2 Å². The summed E-state index contributed by atoms with van der Waals surface area (Å²) in [6.07, 6.45) is 10.8. The third kappa shape index (κ3) is 13.8. The van der Waals surface area contributed by atoms with Crippen LogP contribution in [0, 0.1) is 35.5 Å². The molecule has 2 saturated heterocycles. The summed E-state index contributed by atoms with van der Waals surface area (Å²) in [5, 5.41) is 47.1. The number of nitrogens with zero attached hydrogens (tertiary/aromatic N) is 1. The van der Waals surface area contributed by atoms with E-state index in [-0.39, 0.29) is 60.9 Å². The molecule has 3 aliphatic heterocycles. The van der Waals surface area contributed by atoms with Gasteiger partial charge in [0.15, 0.2) is 11.5 Å². The van der Waals surface area contributed by atoms with E-state index >= 15 is 0 Å². The van der Waals surface area contributed by atoms with Crippen LogP contribution in [0.15, 0.2) is 47.6 Å². The van der Waals surface area contributed by atoms with Gasteiger partial charge in [-0.2, -0.15) is 0 Å². The second-order valence-electron chi connectivity index (χ2n) is 19.6. The molecule has 0 radical (unpaired) electrons. The molecule has 4 rings (SSSR count). The van der Waals surface area contributed by atoms with Crippen molar-refractivity contribution in [3.63, 3.8) is 0 Å². The van der Waals surface area contributed by atoms with Crippen molar-refractivity contribution in [2.75, 3.05) is 20.8 Å². The van der Waals surface area contributed by atoms with Gasteiger partial charge in [-0.15, -0.1) is 0 Å². The molecule has 5 N–H and O–H groups in total. The molecule has 1 unspecified atom stereocenters. The zero-order chi connectivity index (χ0) is 47.5. The topological polar surface area (TPSA) is 209 Å². The first-order valence-electron chi connectivity index (χ1n) is 23.6. The number of carbonyl (C=O) groups is 5. The van der Waals surface area contributed by atoms with E-state index in [0.29, 0.717) is 69.8 Å². The number of Topliss-reactive ketones (excluding diaryl/α,β-unsaturated/α-hetero) is 3. The molecule has 1 saturated carbocycles. The first-order valence-corrected chi connectivity index (χ1v) is 23.6. The number of nitrogens with one attached hydrogen (secondary N) is 1. The molecule has 3 fully saturated rings. The van der Waals surface area contributed by atoms with Gasteiger partial charge in [0.05, 0.1) is 18.3 Å². The molecule has 0 aromatic heterocycles.